The van der Waals surface area contributed by atoms with E-state index < -0.39 is 11.9 Å². The second-order valence-electron chi connectivity index (χ2n) is 4.71. The van der Waals surface area contributed by atoms with Crippen molar-refractivity contribution in [3.8, 4) is 11.5 Å². The van der Waals surface area contributed by atoms with Crippen molar-refractivity contribution in [2.45, 2.75) is 6.92 Å². The summed E-state index contributed by atoms with van der Waals surface area (Å²) in [6, 6.07) is 11.3. The Labute approximate surface area is 138 Å². The molecule has 23 heavy (non-hydrogen) atoms. The smallest absolute Gasteiger partial charge is 0.349 e. The van der Waals surface area contributed by atoms with Crippen LogP contribution in [0.15, 0.2) is 42.5 Å². The number of carbonyl (C=O) groups excluding carboxylic acids is 2. The lowest BCUT2D eigenvalue weighted by Crippen LogP contribution is -2.18. The topological polar surface area (TPSA) is 61.8 Å². The molecule has 0 amide bonds. The summed E-state index contributed by atoms with van der Waals surface area (Å²) in [6.07, 6.45) is 0. The van der Waals surface area contributed by atoms with E-state index in [0.717, 1.165) is 5.56 Å². The highest BCUT2D eigenvalue weighted by atomic mass is 35.5. The zero-order valence-corrected chi connectivity index (χ0v) is 13.4. The van der Waals surface area contributed by atoms with Gasteiger partial charge in [-0.05, 0) is 48.9 Å². The van der Waals surface area contributed by atoms with Crippen molar-refractivity contribution < 1.29 is 23.8 Å². The summed E-state index contributed by atoms with van der Waals surface area (Å²) < 4.78 is 15.1. The van der Waals surface area contributed by atoms with Crippen LogP contribution in [0.2, 0.25) is 5.02 Å². The van der Waals surface area contributed by atoms with Crippen LogP contribution in [-0.4, -0.2) is 25.7 Å². The van der Waals surface area contributed by atoms with Crippen LogP contribution in [0.25, 0.3) is 0 Å². The standard InChI is InChI=1S/C17H15ClO5/c1-11-3-8-14(18)15(9-11)22-10-16(19)23-13-6-4-12(5-7-13)17(20)21-2/h3-9H,10H2,1-2H3. The Hall–Kier alpha value is -2.53. The van der Waals surface area contributed by atoms with Gasteiger partial charge < -0.3 is 14.2 Å². The summed E-state index contributed by atoms with van der Waals surface area (Å²) in [5.74, 6) is -0.306. The van der Waals surface area contributed by atoms with Crippen molar-refractivity contribution in [3.63, 3.8) is 0 Å². The summed E-state index contributed by atoms with van der Waals surface area (Å²) in [4.78, 5) is 23.1. The first-order chi connectivity index (χ1) is 11.0. The van der Waals surface area contributed by atoms with E-state index in [2.05, 4.69) is 4.74 Å². The third-order valence-corrected chi connectivity index (χ3v) is 3.25. The minimum Gasteiger partial charge on any atom is -0.480 e. The number of ether oxygens (including phenoxy) is 3. The fourth-order valence-electron chi connectivity index (χ4n) is 1.80. The predicted molar refractivity (Wildman–Crippen MR) is 85.1 cm³/mol. The van der Waals surface area contributed by atoms with Crippen molar-refractivity contribution in [3.05, 3.63) is 58.6 Å². The van der Waals surface area contributed by atoms with Gasteiger partial charge in [0, 0.05) is 0 Å². The minimum absolute atomic E-state index is 0.276. The molecule has 0 fully saturated rings. The molecule has 0 aliphatic rings. The number of halogens is 1. The van der Waals surface area contributed by atoms with Gasteiger partial charge in [-0.25, -0.2) is 9.59 Å². The molecule has 2 aromatic carbocycles. The van der Waals surface area contributed by atoms with Crippen LogP contribution < -0.4 is 9.47 Å². The van der Waals surface area contributed by atoms with Crippen molar-refractivity contribution in [1.29, 1.82) is 0 Å². The van der Waals surface area contributed by atoms with Gasteiger partial charge in [-0.15, -0.1) is 0 Å². The van der Waals surface area contributed by atoms with Crippen LogP contribution in [0.5, 0.6) is 11.5 Å². The molecular formula is C17H15ClO5. The normalized spacial score (nSPS) is 10.0. The maximum absolute atomic E-state index is 11.8. The van der Waals surface area contributed by atoms with Crippen molar-refractivity contribution in [2.24, 2.45) is 0 Å². The van der Waals surface area contributed by atoms with Crippen molar-refractivity contribution in [2.75, 3.05) is 13.7 Å². The molecule has 0 bridgehead atoms. The number of methoxy groups -OCH3 is 1. The number of aryl methyl sites for hydroxylation is 1. The number of rotatable bonds is 5. The SMILES string of the molecule is COC(=O)c1ccc(OC(=O)COc2cc(C)ccc2Cl)cc1. The molecule has 0 aliphatic carbocycles. The predicted octanol–water partition coefficient (Wildman–Crippen LogP) is 3.42. The van der Waals surface area contributed by atoms with Crippen molar-refractivity contribution in [1.82, 2.24) is 0 Å². The van der Waals surface area contributed by atoms with Crippen LogP contribution in [0.1, 0.15) is 15.9 Å². The molecule has 6 heteroatoms. The Balaban J connectivity index is 1.92. The van der Waals surface area contributed by atoms with Gasteiger partial charge in [-0.2, -0.15) is 0 Å². The Morgan fingerprint density at radius 1 is 1.09 bits per heavy atom. The molecule has 0 heterocycles. The van der Waals surface area contributed by atoms with Gasteiger partial charge in [-0.1, -0.05) is 17.7 Å². The van der Waals surface area contributed by atoms with Crippen molar-refractivity contribution >= 4 is 23.5 Å². The summed E-state index contributed by atoms with van der Waals surface area (Å²) in [5, 5.41) is 0.422. The van der Waals surface area contributed by atoms with Crippen LogP contribution >= 0.6 is 11.6 Å². The summed E-state index contributed by atoms with van der Waals surface area (Å²) in [7, 11) is 1.30. The molecule has 0 radical (unpaired) electrons. The maximum Gasteiger partial charge on any atom is 0.349 e. The quantitative estimate of drug-likeness (QED) is 0.619. The van der Waals surface area contributed by atoms with E-state index in [-0.39, 0.29) is 6.61 Å². The van der Waals surface area contributed by atoms with E-state index in [0.29, 0.717) is 22.1 Å². The van der Waals surface area contributed by atoms with Gasteiger partial charge in [0.15, 0.2) is 6.61 Å². The van der Waals surface area contributed by atoms with Crippen LogP contribution in [0.4, 0.5) is 0 Å². The Kier molecular flexibility index (Phi) is 5.60. The van der Waals surface area contributed by atoms with E-state index in [1.807, 2.05) is 13.0 Å². The molecule has 0 saturated heterocycles. The lowest BCUT2D eigenvalue weighted by molar-refractivity contribution is -0.136. The molecule has 120 valence electrons. The maximum atomic E-state index is 11.8. The molecule has 0 unspecified atom stereocenters. The lowest BCUT2D eigenvalue weighted by atomic mass is 10.2. The monoisotopic (exact) mass is 334 g/mol. The first-order valence-corrected chi connectivity index (χ1v) is 7.15. The van der Waals surface area contributed by atoms with E-state index in [1.165, 1.54) is 31.4 Å². The fraction of sp³-hybridized carbons (Fsp3) is 0.176. The number of hydrogen-bond donors (Lipinski definition) is 0. The molecule has 0 saturated carbocycles. The second kappa shape index (κ2) is 7.65. The molecule has 2 rings (SSSR count). The van der Waals surface area contributed by atoms with Gasteiger partial charge >= 0.3 is 11.9 Å². The largest absolute Gasteiger partial charge is 0.480 e. The second-order valence-corrected chi connectivity index (χ2v) is 5.12. The molecule has 0 atom stereocenters. The summed E-state index contributed by atoms with van der Waals surface area (Å²) in [5.41, 5.74) is 1.34. The lowest BCUT2D eigenvalue weighted by Gasteiger charge is -2.09. The summed E-state index contributed by atoms with van der Waals surface area (Å²) >= 11 is 5.98. The Morgan fingerprint density at radius 3 is 2.43 bits per heavy atom. The van der Waals surface area contributed by atoms with Gasteiger partial charge in [0.05, 0.1) is 17.7 Å². The number of hydrogen-bond acceptors (Lipinski definition) is 5. The Morgan fingerprint density at radius 2 is 1.78 bits per heavy atom. The first kappa shape index (κ1) is 16.8. The highest BCUT2D eigenvalue weighted by molar-refractivity contribution is 6.32. The molecule has 0 aromatic heterocycles. The Bertz CT molecular complexity index is 709. The molecule has 5 nitrogen and oxygen atoms in total. The summed E-state index contributed by atoms with van der Waals surface area (Å²) in [6.45, 7) is 1.62. The fourth-order valence-corrected chi connectivity index (χ4v) is 1.97. The molecule has 0 aliphatic heterocycles. The average molecular weight is 335 g/mol. The molecule has 2 aromatic rings. The molecule has 0 spiro atoms. The number of carbonyl (C=O) groups is 2. The average Bonchev–Trinajstić information content (AvgIpc) is 2.55. The zero-order chi connectivity index (χ0) is 16.8. The highest BCUT2D eigenvalue weighted by Gasteiger charge is 2.10. The van der Waals surface area contributed by atoms with E-state index in [4.69, 9.17) is 21.1 Å². The van der Waals surface area contributed by atoms with Gasteiger partial charge in [0.25, 0.3) is 0 Å². The molecular weight excluding hydrogens is 320 g/mol. The van der Waals surface area contributed by atoms with E-state index in [1.54, 1.807) is 12.1 Å². The zero-order valence-electron chi connectivity index (χ0n) is 12.7. The van der Waals surface area contributed by atoms with E-state index >= 15 is 0 Å². The van der Waals surface area contributed by atoms with Crippen LogP contribution in [0, 0.1) is 6.92 Å². The van der Waals surface area contributed by atoms with E-state index in [9.17, 15) is 9.59 Å². The minimum atomic E-state index is -0.576. The highest BCUT2D eigenvalue weighted by Crippen LogP contribution is 2.25. The van der Waals surface area contributed by atoms with Gasteiger partial charge in [-0.3, -0.25) is 0 Å². The van der Waals surface area contributed by atoms with Crippen LogP contribution in [0.3, 0.4) is 0 Å². The van der Waals surface area contributed by atoms with Crippen LogP contribution in [-0.2, 0) is 9.53 Å². The van der Waals surface area contributed by atoms with Gasteiger partial charge in [0.2, 0.25) is 0 Å². The third kappa shape index (κ3) is 4.72. The molecule has 0 N–H and O–H groups in total. The number of esters is 2. The van der Waals surface area contributed by atoms with Gasteiger partial charge in [0.1, 0.15) is 11.5 Å². The number of benzene rings is 2. The third-order valence-electron chi connectivity index (χ3n) is 2.94. The first-order valence-electron chi connectivity index (χ1n) is 6.77.